The van der Waals surface area contributed by atoms with Gasteiger partial charge in [-0.05, 0) is 41.4 Å². The molecule has 0 aromatic carbocycles. The number of pyridine rings is 1. The summed E-state index contributed by atoms with van der Waals surface area (Å²) >= 11 is 3.35. The fourth-order valence-corrected chi connectivity index (χ4v) is 1.19. The summed E-state index contributed by atoms with van der Waals surface area (Å²) in [5.41, 5.74) is -0.0565. The van der Waals surface area contributed by atoms with E-state index < -0.39 is 5.60 Å². The molecule has 1 heterocycles. The third kappa shape index (κ3) is 3.77. The number of aryl methyl sites for hydroxylation is 1. The van der Waals surface area contributed by atoms with Gasteiger partial charge in [0.2, 0.25) is 0 Å². The highest BCUT2D eigenvalue weighted by atomic mass is 79.9. The van der Waals surface area contributed by atoms with Crippen molar-refractivity contribution in [2.24, 2.45) is 0 Å². The predicted octanol–water partition coefficient (Wildman–Crippen LogP) is 1.31. The number of aliphatic hydroxyl groups is 2. The Bertz CT molecular complexity index is 342. The molecule has 5 heteroatoms. The second kappa shape index (κ2) is 4.92. The van der Waals surface area contributed by atoms with Gasteiger partial charge < -0.3 is 15.5 Å². The fraction of sp³-hybridized carbons (Fsp3) is 0.500. The minimum Gasteiger partial charge on any atom is -0.393 e. The van der Waals surface area contributed by atoms with Crippen LogP contribution in [0.25, 0.3) is 0 Å². The standard InChI is InChI=1S/C10H15BrN2O2/c1-7-3-9(12-4-8(7)11)13-5-10(2,15)6-14/h3-4,14-15H,5-6H2,1-2H3,(H,12,13). The second-order valence-corrected chi connectivity index (χ2v) is 4.68. The Morgan fingerprint density at radius 1 is 1.60 bits per heavy atom. The van der Waals surface area contributed by atoms with Gasteiger partial charge in [0.05, 0.1) is 6.61 Å². The molecule has 84 valence electrons. The van der Waals surface area contributed by atoms with E-state index in [1.165, 1.54) is 0 Å². The van der Waals surface area contributed by atoms with Crippen LogP contribution in [-0.2, 0) is 0 Å². The Labute approximate surface area is 97.5 Å². The van der Waals surface area contributed by atoms with Crippen LogP contribution < -0.4 is 5.32 Å². The molecule has 1 aromatic rings. The van der Waals surface area contributed by atoms with E-state index in [1.807, 2.05) is 13.0 Å². The molecule has 1 rings (SSSR count). The van der Waals surface area contributed by atoms with Crippen molar-refractivity contribution in [3.63, 3.8) is 0 Å². The first-order valence-electron chi connectivity index (χ1n) is 4.64. The largest absolute Gasteiger partial charge is 0.393 e. The SMILES string of the molecule is Cc1cc(NCC(C)(O)CO)ncc1Br. The first kappa shape index (κ1) is 12.4. The lowest BCUT2D eigenvalue weighted by molar-refractivity contribution is 0.0132. The van der Waals surface area contributed by atoms with E-state index in [9.17, 15) is 5.11 Å². The molecule has 3 N–H and O–H groups in total. The third-order valence-corrected chi connectivity index (χ3v) is 2.87. The van der Waals surface area contributed by atoms with Crippen molar-refractivity contribution < 1.29 is 10.2 Å². The van der Waals surface area contributed by atoms with Gasteiger partial charge in [0.1, 0.15) is 11.4 Å². The quantitative estimate of drug-likeness (QED) is 0.775. The maximum absolute atomic E-state index is 9.56. The minimum absolute atomic E-state index is 0.261. The number of aliphatic hydroxyl groups excluding tert-OH is 1. The molecular formula is C10H15BrN2O2. The van der Waals surface area contributed by atoms with E-state index in [-0.39, 0.29) is 13.2 Å². The maximum atomic E-state index is 9.56. The second-order valence-electron chi connectivity index (χ2n) is 3.83. The summed E-state index contributed by atoms with van der Waals surface area (Å²) in [6, 6.07) is 1.87. The van der Waals surface area contributed by atoms with Gasteiger partial charge in [-0.3, -0.25) is 0 Å². The van der Waals surface area contributed by atoms with Gasteiger partial charge in [-0.1, -0.05) is 0 Å². The Morgan fingerprint density at radius 3 is 2.80 bits per heavy atom. The summed E-state index contributed by atoms with van der Waals surface area (Å²) in [6.45, 7) is 3.50. The van der Waals surface area contributed by atoms with Crippen molar-refractivity contribution in [1.29, 1.82) is 0 Å². The van der Waals surface area contributed by atoms with E-state index in [1.54, 1.807) is 13.1 Å². The van der Waals surface area contributed by atoms with Crippen LogP contribution in [-0.4, -0.2) is 33.9 Å². The summed E-state index contributed by atoms with van der Waals surface area (Å²) in [7, 11) is 0. The van der Waals surface area contributed by atoms with Crippen LogP contribution in [0.5, 0.6) is 0 Å². The molecule has 1 aromatic heterocycles. The van der Waals surface area contributed by atoms with Crippen molar-refractivity contribution in [2.45, 2.75) is 19.4 Å². The number of aromatic nitrogens is 1. The third-order valence-electron chi connectivity index (χ3n) is 2.04. The molecule has 0 aliphatic rings. The molecule has 4 nitrogen and oxygen atoms in total. The predicted molar refractivity (Wildman–Crippen MR) is 62.9 cm³/mol. The minimum atomic E-state index is -1.12. The van der Waals surface area contributed by atoms with E-state index in [0.29, 0.717) is 5.82 Å². The fourth-order valence-electron chi connectivity index (χ4n) is 0.973. The molecule has 0 radical (unpaired) electrons. The number of hydrogen-bond acceptors (Lipinski definition) is 4. The van der Waals surface area contributed by atoms with Gasteiger partial charge in [-0.15, -0.1) is 0 Å². The van der Waals surface area contributed by atoms with Gasteiger partial charge in [-0.2, -0.15) is 0 Å². The average molecular weight is 275 g/mol. The Kier molecular flexibility index (Phi) is 4.07. The molecule has 0 fully saturated rings. The molecule has 0 aliphatic heterocycles. The van der Waals surface area contributed by atoms with E-state index in [2.05, 4.69) is 26.2 Å². The first-order chi connectivity index (χ1) is 6.94. The van der Waals surface area contributed by atoms with Crippen molar-refractivity contribution in [2.75, 3.05) is 18.5 Å². The van der Waals surface area contributed by atoms with Crippen LogP contribution in [0.2, 0.25) is 0 Å². The number of anilines is 1. The zero-order chi connectivity index (χ0) is 11.5. The normalized spacial score (nSPS) is 14.7. The lowest BCUT2D eigenvalue weighted by Gasteiger charge is -2.21. The van der Waals surface area contributed by atoms with Gasteiger partial charge in [0, 0.05) is 17.2 Å². The highest BCUT2D eigenvalue weighted by Crippen LogP contribution is 2.17. The summed E-state index contributed by atoms with van der Waals surface area (Å²) in [6.07, 6.45) is 1.70. The molecule has 1 unspecified atom stereocenters. The number of rotatable bonds is 4. The zero-order valence-electron chi connectivity index (χ0n) is 8.79. The molecule has 1 atom stereocenters. The number of nitrogens with zero attached hydrogens (tertiary/aromatic N) is 1. The lowest BCUT2D eigenvalue weighted by Crippen LogP contribution is -2.37. The number of halogens is 1. The van der Waals surface area contributed by atoms with Crippen LogP contribution in [0.1, 0.15) is 12.5 Å². The van der Waals surface area contributed by atoms with Gasteiger partial charge in [0.25, 0.3) is 0 Å². The van der Waals surface area contributed by atoms with Gasteiger partial charge in [-0.25, -0.2) is 4.98 Å². The zero-order valence-corrected chi connectivity index (χ0v) is 10.4. The molecule has 0 saturated carbocycles. The van der Waals surface area contributed by atoms with E-state index in [0.717, 1.165) is 10.0 Å². The smallest absolute Gasteiger partial charge is 0.126 e. The van der Waals surface area contributed by atoms with Crippen LogP contribution >= 0.6 is 15.9 Å². The Hall–Kier alpha value is -0.650. The number of hydrogen-bond donors (Lipinski definition) is 3. The summed E-state index contributed by atoms with van der Waals surface area (Å²) < 4.78 is 0.946. The van der Waals surface area contributed by atoms with Crippen LogP contribution in [0, 0.1) is 6.92 Å². The Balaban J connectivity index is 2.62. The summed E-state index contributed by atoms with van der Waals surface area (Å²) in [5, 5.41) is 21.4. The molecular weight excluding hydrogens is 260 g/mol. The van der Waals surface area contributed by atoms with Crippen molar-refractivity contribution in [3.05, 3.63) is 22.3 Å². The van der Waals surface area contributed by atoms with Crippen molar-refractivity contribution >= 4 is 21.7 Å². The van der Waals surface area contributed by atoms with Gasteiger partial charge in [0.15, 0.2) is 0 Å². The first-order valence-corrected chi connectivity index (χ1v) is 5.43. The monoisotopic (exact) mass is 274 g/mol. The Morgan fingerprint density at radius 2 is 2.27 bits per heavy atom. The van der Waals surface area contributed by atoms with Crippen LogP contribution in [0.15, 0.2) is 16.7 Å². The van der Waals surface area contributed by atoms with Crippen molar-refractivity contribution in [1.82, 2.24) is 4.98 Å². The molecule has 15 heavy (non-hydrogen) atoms. The van der Waals surface area contributed by atoms with Crippen LogP contribution in [0.3, 0.4) is 0 Å². The highest BCUT2D eigenvalue weighted by molar-refractivity contribution is 9.10. The van der Waals surface area contributed by atoms with Crippen LogP contribution in [0.4, 0.5) is 5.82 Å². The molecule has 0 amide bonds. The molecule has 0 spiro atoms. The van der Waals surface area contributed by atoms with Crippen molar-refractivity contribution in [3.8, 4) is 0 Å². The van der Waals surface area contributed by atoms with E-state index in [4.69, 9.17) is 5.11 Å². The summed E-state index contributed by atoms with van der Waals surface area (Å²) in [4.78, 5) is 4.13. The molecule has 0 saturated heterocycles. The topological polar surface area (TPSA) is 65.4 Å². The lowest BCUT2D eigenvalue weighted by atomic mass is 10.1. The summed E-state index contributed by atoms with van der Waals surface area (Å²) in [5.74, 6) is 0.685. The molecule has 0 aliphatic carbocycles. The average Bonchev–Trinajstić information content (AvgIpc) is 2.20. The highest BCUT2D eigenvalue weighted by Gasteiger charge is 2.18. The number of nitrogens with one attached hydrogen (secondary N) is 1. The van der Waals surface area contributed by atoms with Gasteiger partial charge >= 0.3 is 0 Å². The molecule has 0 bridgehead atoms. The maximum Gasteiger partial charge on any atom is 0.126 e. The van der Waals surface area contributed by atoms with E-state index >= 15 is 0 Å².